The first-order valence-corrected chi connectivity index (χ1v) is 4.43. The second kappa shape index (κ2) is 4.29. The van der Waals surface area contributed by atoms with Crippen molar-refractivity contribution in [1.29, 1.82) is 0 Å². The zero-order chi connectivity index (χ0) is 11.7. The summed E-state index contributed by atoms with van der Waals surface area (Å²) < 4.78 is 0. The second-order valence-electron chi connectivity index (χ2n) is 3.58. The van der Waals surface area contributed by atoms with Crippen molar-refractivity contribution in [2.45, 2.75) is 36.5 Å². The van der Waals surface area contributed by atoms with E-state index in [1.54, 1.807) is 0 Å². The van der Waals surface area contributed by atoms with Gasteiger partial charge in [0.15, 0.2) is 5.96 Å². The van der Waals surface area contributed by atoms with Crippen LogP contribution in [0.4, 0.5) is 0 Å². The van der Waals surface area contributed by atoms with Gasteiger partial charge in [-0.3, -0.25) is 0 Å². The van der Waals surface area contributed by atoms with E-state index in [9.17, 15) is 20.4 Å². The number of hydrogen-bond donors (Lipinski definition) is 7. The van der Waals surface area contributed by atoms with Gasteiger partial charge in [-0.2, -0.15) is 0 Å². The van der Waals surface area contributed by atoms with Crippen molar-refractivity contribution >= 4 is 5.96 Å². The molecule has 1 aliphatic carbocycles. The summed E-state index contributed by atoms with van der Waals surface area (Å²) in [6.07, 6.45) is -5.69. The Bertz CT molecular complexity index is 241. The SMILES string of the molecule is NC(N)=N[C@H]1[C@H](O)[C@@H](O)[C@H](O)[C@@H](N)[C@@H]1O. The van der Waals surface area contributed by atoms with Gasteiger partial charge in [0.2, 0.25) is 0 Å². The van der Waals surface area contributed by atoms with E-state index in [2.05, 4.69) is 4.99 Å². The van der Waals surface area contributed by atoms with Crippen LogP contribution in [0.2, 0.25) is 0 Å². The molecular formula is C7H16N4O4. The van der Waals surface area contributed by atoms with Gasteiger partial charge < -0.3 is 37.6 Å². The van der Waals surface area contributed by atoms with Crippen LogP contribution in [-0.2, 0) is 0 Å². The van der Waals surface area contributed by atoms with Gasteiger partial charge in [0.25, 0.3) is 0 Å². The fourth-order valence-electron chi connectivity index (χ4n) is 1.59. The topological polar surface area (TPSA) is 171 Å². The maximum absolute atomic E-state index is 9.57. The smallest absolute Gasteiger partial charge is 0.186 e. The molecule has 6 atom stereocenters. The number of hydrogen-bond acceptors (Lipinski definition) is 6. The third-order valence-electron chi connectivity index (χ3n) is 2.49. The average Bonchev–Trinajstić information content (AvgIpc) is 2.18. The van der Waals surface area contributed by atoms with Crippen LogP contribution in [0.15, 0.2) is 4.99 Å². The summed E-state index contributed by atoms with van der Waals surface area (Å²) in [6.45, 7) is 0. The Balaban J connectivity index is 2.91. The van der Waals surface area contributed by atoms with Gasteiger partial charge in [-0.25, -0.2) is 4.99 Å². The number of nitrogens with zero attached hydrogens (tertiary/aromatic N) is 1. The van der Waals surface area contributed by atoms with E-state index in [0.29, 0.717) is 0 Å². The normalized spacial score (nSPS) is 46.2. The Labute approximate surface area is 86.0 Å². The summed E-state index contributed by atoms with van der Waals surface area (Å²) in [5, 5.41) is 37.8. The summed E-state index contributed by atoms with van der Waals surface area (Å²) in [7, 11) is 0. The first-order chi connectivity index (χ1) is 6.86. The minimum atomic E-state index is -1.49. The fourth-order valence-corrected chi connectivity index (χ4v) is 1.59. The van der Waals surface area contributed by atoms with Gasteiger partial charge in [0.05, 0.1) is 12.1 Å². The Hall–Kier alpha value is -0.930. The molecule has 0 spiro atoms. The number of guanidine groups is 1. The van der Waals surface area contributed by atoms with E-state index in [1.165, 1.54) is 0 Å². The molecule has 0 radical (unpaired) electrons. The molecule has 15 heavy (non-hydrogen) atoms. The zero-order valence-corrected chi connectivity index (χ0v) is 7.93. The molecule has 10 N–H and O–H groups in total. The molecule has 8 heteroatoms. The average molecular weight is 220 g/mol. The summed E-state index contributed by atoms with van der Waals surface area (Å²) in [6, 6.07) is -2.25. The molecule has 1 fully saturated rings. The molecule has 0 aromatic carbocycles. The third kappa shape index (κ3) is 2.19. The summed E-state index contributed by atoms with van der Waals surface area (Å²) >= 11 is 0. The highest BCUT2D eigenvalue weighted by Gasteiger charge is 2.47. The molecule has 88 valence electrons. The molecule has 0 aromatic heterocycles. The van der Waals surface area contributed by atoms with E-state index in [1.807, 2.05) is 0 Å². The Morgan fingerprint density at radius 3 is 1.87 bits per heavy atom. The number of aliphatic hydroxyl groups is 4. The Morgan fingerprint density at radius 2 is 1.40 bits per heavy atom. The van der Waals surface area contributed by atoms with Crippen molar-refractivity contribution in [2.75, 3.05) is 0 Å². The lowest BCUT2D eigenvalue weighted by Crippen LogP contribution is -2.66. The van der Waals surface area contributed by atoms with Crippen LogP contribution in [-0.4, -0.2) is 62.9 Å². The molecule has 0 amide bonds. The molecular weight excluding hydrogens is 204 g/mol. The van der Waals surface area contributed by atoms with Gasteiger partial charge >= 0.3 is 0 Å². The fraction of sp³-hybridized carbons (Fsp3) is 0.857. The lowest BCUT2D eigenvalue weighted by atomic mass is 9.82. The van der Waals surface area contributed by atoms with Crippen molar-refractivity contribution < 1.29 is 20.4 Å². The van der Waals surface area contributed by atoms with Gasteiger partial charge in [-0.15, -0.1) is 0 Å². The van der Waals surface area contributed by atoms with Crippen molar-refractivity contribution in [3.63, 3.8) is 0 Å². The van der Waals surface area contributed by atoms with E-state index in [0.717, 1.165) is 0 Å². The van der Waals surface area contributed by atoms with Crippen LogP contribution < -0.4 is 17.2 Å². The first kappa shape index (κ1) is 12.1. The number of aliphatic hydroxyl groups excluding tert-OH is 4. The van der Waals surface area contributed by atoms with Crippen molar-refractivity contribution in [3.8, 4) is 0 Å². The highest BCUT2D eigenvalue weighted by Crippen LogP contribution is 2.22. The maximum Gasteiger partial charge on any atom is 0.186 e. The van der Waals surface area contributed by atoms with Gasteiger partial charge in [0.1, 0.15) is 24.4 Å². The Kier molecular flexibility index (Phi) is 3.47. The van der Waals surface area contributed by atoms with Gasteiger partial charge in [-0.05, 0) is 0 Å². The summed E-state index contributed by atoms with van der Waals surface area (Å²) in [5.74, 6) is -0.339. The number of rotatable bonds is 1. The lowest BCUT2D eigenvalue weighted by Gasteiger charge is -2.40. The minimum absolute atomic E-state index is 0.339. The predicted molar refractivity (Wildman–Crippen MR) is 51.6 cm³/mol. The molecule has 8 nitrogen and oxygen atoms in total. The standard InChI is InChI=1S/C7H16N4O4/c8-1-3(12)2(11-7(9)10)5(14)6(15)4(1)13/h1-6,12-15H,8H2,(H4,9,10,11)/t1-,2+,3-,4+,5-,6-/m0/s1. The van der Waals surface area contributed by atoms with Crippen LogP contribution >= 0.6 is 0 Å². The third-order valence-corrected chi connectivity index (χ3v) is 2.49. The zero-order valence-electron chi connectivity index (χ0n) is 7.93. The summed E-state index contributed by atoms with van der Waals surface area (Å²) in [5.41, 5.74) is 15.6. The maximum atomic E-state index is 9.57. The lowest BCUT2D eigenvalue weighted by molar-refractivity contribution is -0.136. The van der Waals surface area contributed by atoms with Crippen LogP contribution in [0.3, 0.4) is 0 Å². The molecule has 0 heterocycles. The van der Waals surface area contributed by atoms with Crippen molar-refractivity contribution in [2.24, 2.45) is 22.2 Å². The minimum Gasteiger partial charge on any atom is -0.389 e. The molecule has 0 aromatic rings. The second-order valence-corrected chi connectivity index (χ2v) is 3.58. The molecule has 0 saturated heterocycles. The quantitative estimate of drug-likeness (QED) is 0.172. The van der Waals surface area contributed by atoms with E-state index < -0.39 is 36.5 Å². The van der Waals surface area contributed by atoms with Crippen LogP contribution in [0.5, 0.6) is 0 Å². The molecule has 0 unspecified atom stereocenters. The molecule has 0 bridgehead atoms. The molecule has 0 aliphatic heterocycles. The van der Waals surface area contributed by atoms with Crippen LogP contribution in [0.25, 0.3) is 0 Å². The van der Waals surface area contributed by atoms with Crippen LogP contribution in [0.1, 0.15) is 0 Å². The highest BCUT2D eigenvalue weighted by molar-refractivity contribution is 5.76. The van der Waals surface area contributed by atoms with E-state index in [4.69, 9.17) is 17.2 Å². The molecule has 1 aliphatic rings. The van der Waals surface area contributed by atoms with E-state index >= 15 is 0 Å². The number of nitrogens with two attached hydrogens (primary N) is 3. The molecule has 1 rings (SSSR count). The van der Waals surface area contributed by atoms with Gasteiger partial charge in [-0.1, -0.05) is 0 Å². The van der Waals surface area contributed by atoms with Crippen molar-refractivity contribution in [3.05, 3.63) is 0 Å². The highest BCUT2D eigenvalue weighted by atomic mass is 16.4. The monoisotopic (exact) mass is 220 g/mol. The largest absolute Gasteiger partial charge is 0.389 e. The Morgan fingerprint density at radius 1 is 0.867 bits per heavy atom. The number of aliphatic imine (C=N–C) groups is 1. The van der Waals surface area contributed by atoms with E-state index in [-0.39, 0.29) is 5.96 Å². The van der Waals surface area contributed by atoms with Gasteiger partial charge in [0, 0.05) is 0 Å². The molecule has 1 saturated carbocycles. The van der Waals surface area contributed by atoms with Crippen LogP contribution in [0, 0.1) is 0 Å². The van der Waals surface area contributed by atoms with Crippen molar-refractivity contribution in [1.82, 2.24) is 0 Å². The summed E-state index contributed by atoms with van der Waals surface area (Å²) in [4.78, 5) is 3.55. The predicted octanol–water partition coefficient (Wildman–Crippen LogP) is -4.59. The first-order valence-electron chi connectivity index (χ1n) is 4.43.